The molecule has 1 aromatic rings. The van der Waals surface area contributed by atoms with E-state index < -0.39 is 41.7 Å². The van der Waals surface area contributed by atoms with Crippen LogP contribution in [0.15, 0.2) is 24.3 Å². The molecule has 2 amide bonds. The monoisotopic (exact) mass is 382 g/mol. The van der Waals surface area contributed by atoms with Crippen molar-refractivity contribution >= 4 is 6.03 Å². The van der Waals surface area contributed by atoms with E-state index in [1.807, 2.05) is 0 Å². The van der Waals surface area contributed by atoms with Crippen LogP contribution in [-0.4, -0.2) is 24.1 Å². The molecule has 26 heavy (non-hydrogen) atoms. The maximum atomic E-state index is 12.8. The van der Waals surface area contributed by atoms with Gasteiger partial charge < -0.3 is 15.4 Å². The average molecular weight is 382 g/mol. The number of alkyl halides is 6. The maximum Gasteiger partial charge on any atom is 0.573 e. The van der Waals surface area contributed by atoms with Gasteiger partial charge in [0.2, 0.25) is 0 Å². The second kappa shape index (κ2) is 6.24. The summed E-state index contributed by atoms with van der Waals surface area (Å²) >= 11 is 0. The molecule has 0 aromatic heterocycles. The van der Waals surface area contributed by atoms with Gasteiger partial charge in [-0.1, -0.05) is 12.1 Å². The fraction of sp³-hybridized carbons (Fsp3) is 0.562. The Balaban J connectivity index is 1.51. The van der Waals surface area contributed by atoms with Gasteiger partial charge in [0.1, 0.15) is 5.75 Å². The Hall–Kier alpha value is -2.13. The minimum Gasteiger partial charge on any atom is -0.406 e. The highest BCUT2D eigenvalue weighted by atomic mass is 19.4. The molecule has 1 aromatic carbocycles. The lowest BCUT2D eigenvalue weighted by Gasteiger charge is -2.39. The molecule has 144 valence electrons. The van der Waals surface area contributed by atoms with E-state index in [-0.39, 0.29) is 13.0 Å². The van der Waals surface area contributed by atoms with Crippen molar-refractivity contribution in [3.63, 3.8) is 0 Å². The van der Waals surface area contributed by atoms with E-state index in [1.54, 1.807) is 0 Å². The molecule has 2 N–H and O–H groups in total. The molecule has 3 fully saturated rings. The van der Waals surface area contributed by atoms with Crippen LogP contribution < -0.4 is 15.4 Å². The van der Waals surface area contributed by atoms with Gasteiger partial charge in [-0.05, 0) is 42.9 Å². The molecule has 1 unspecified atom stereocenters. The number of hydrogen-bond donors (Lipinski definition) is 2. The van der Waals surface area contributed by atoms with Gasteiger partial charge in [0, 0.05) is 12.1 Å². The minimum atomic E-state index is -4.82. The first-order chi connectivity index (χ1) is 12.0. The van der Waals surface area contributed by atoms with E-state index >= 15 is 0 Å². The van der Waals surface area contributed by atoms with Crippen molar-refractivity contribution in [1.82, 2.24) is 10.6 Å². The van der Waals surface area contributed by atoms with Crippen molar-refractivity contribution in [3.8, 4) is 5.75 Å². The molecule has 3 saturated carbocycles. The molecule has 0 heterocycles. The van der Waals surface area contributed by atoms with E-state index in [9.17, 15) is 31.1 Å². The molecule has 1 atom stereocenters. The van der Waals surface area contributed by atoms with Crippen LogP contribution in [0, 0.1) is 11.8 Å². The van der Waals surface area contributed by atoms with E-state index in [1.165, 1.54) is 12.1 Å². The third kappa shape index (κ3) is 4.16. The van der Waals surface area contributed by atoms with E-state index in [0.29, 0.717) is 18.4 Å². The molecule has 0 aliphatic heterocycles. The zero-order valence-electron chi connectivity index (χ0n) is 13.4. The largest absolute Gasteiger partial charge is 0.573 e. The second-order valence-corrected chi connectivity index (χ2v) is 6.80. The Morgan fingerprint density at radius 3 is 2.42 bits per heavy atom. The van der Waals surface area contributed by atoms with Crippen LogP contribution in [0.2, 0.25) is 0 Å². The van der Waals surface area contributed by atoms with Crippen LogP contribution >= 0.6 is 0 Å². The van der Waals surface area contributed by atoms with E-state index in [2.05, 4.69) is 15.4 Å². The summed E-state index contributed by atoms with van der Waals surface area (Å²) < 4.78 is 78.9. The zero-order chi connectivity index (χ0) is 19.2. The number of amides is 2. The normalized spacial score (nSPS) is 27.6. The van der Waals surface area contributed by atoms with Gasteiger partial charge in [0.15, 0.2) is 0 Å². The predicted molar refractivity (Wildman–Crippen MR) is 78.1 cm³/mol. The molecule has 10 heteroatoms. The third-order valence-electron chi connectivity index (χ3n) is 4.87. The summed E-state index contributed by atoms with van der Waals surface area (Å²) in [6.45, 7) is -0.0803. The summed E-state index contributed by atoms with van der Waals surface area (Å²) in [5, 5.41) is 5.04. The summed E-state index contributed by atoms with van der Waals surface area (Å²) in [7, 11) is 0. The second-order valence-electron chi connectivity index (χ2n) is 6.80. The number of rotatable bonds is 4. The number of benzene rings is 1. The van der Waals surface area contributed by atoms with Crippen LogP contribution in [0.5, 0.6) is 5.75 Å². The number of hydrogen-bond acceptors (Lipinski definition) is 2. The van der Waals surface area contributed by atoms with Crippen LogP contribution in [0.1, 0.15) is 24.8 Å². The number of urea groups is 1. The molecule has 0 radical (unpaired) electrons. The van der Waals surface area contributed by atoms with Crippen LogP contribution in [-0.2, 0) is 6.54 Å². The number of ether oxygens (including phenoxy) is 1. The lowest BCUT2D eigenvalue weighted by molar-refractivity contribution is -0.274. The molecule has 4 nitrogen and oxygen atoms in total. The van der Waals surface area contributed by atoms with Gasteiger partial charge in [0.05, 0.1) is 5.92 Å². The Morgan fingerprint density at radius 2 is 1.85 bits per heavy atom. The molecule has 2 bridgehead atoms. The highest BCUT2D eigenvalue weighted by Crippen LogP contribution is 2.60. The van der Waals surface area contributed by atoms with Crippen molar-refractivity contribution in [2.45, 2.75) is 43.9 Å². The van der Waals surface area contributed by atoms with Crippen LogP contribution in [0.4, 0.5) is 31.1 Å². The summed E-state index contributed by atoms with van der Waals surface area (Å²) in [5.74, 6) is -2.26. The summed E-state index contributed by atoms with van der Waals surface area (Å²) in [5.41, 5.74) is -0.471. The highest BCUT2D eigenvalue weighted by molar-refractivity contribution is 5.75. The van der Waals surface area contributed by atoms with Crippen molar-refractivity contribution in [3.05, 3.63) is 29.8 Å². The van der Waals surface area contributed by atoms with Gasteiger partial charge in [-0.2, -0.15) is 13.2 Å². The summed E-state index contributed by atoms with van der Waals surface area (Å²) in [6, 6.07) is 4.45. The molecule has 3 aliphatic rings. The van der Waals surface area contributed by atoms with Crippen LogP contribution in [0.3, 0.4) is 0 Å². The molecular formula is C16H16F6N2O2. The quantitative estimate of drug-likeness (QED) is 0.770. The Morgan fingerprint density at radius 1 is 1.15 bits per heavy atom. The fourth-order valence-electron chi connectivity index (χ4n) is 3.84. The van der Waals surface area contributed by atoms with Gasteiger partial charge >= 0.3 is 18.6 Å². The van der Waals surface area contributed by atoms with Crippen LogP contribution in [0.25, 0.3) is 0 Å². The maximum absolute atomic E-state index is 12.8. The van der Waals surface area contributed by atoms with Crippen molar-refractivity contribution < 1.29 is 35.9 Å². The lowest BCUT2D eigenvalue weighted by Crippen LogP contribution is -2.54. The smallest absolute Gasteiger partial charge is 0.406 e. The van der Waals surface area contributed by atoms with E-state index in [4.69, 9.17) is 0 Å². The lowest BCUT2D eigenvalue weighted by atomic mass is 9.76. The first kappa shape index (κ1) is 18.7. The molecular weight excluding hydrogens is 366 g/mol. The molecule has 0 spiro atoms. The Bertz CT molecular complexity index is 682. The zero-order valence-corrected chi connectivity index (χ0v) is 13.4. The first-order valence-corrected chi connectivity index (χ1v) is 7.93. The van der Waals surface area contributed by atoms with Gasteiger partial charge in [0.25, 0.3) is 0 Å². The number of carbonyl (C=O) groups excluding carboxylic acids is 1. The number of carbonyl (C=O) groups is 1. The van der Waals surface area contributed by atoms with Gasteiger partial charge in [-0.25, -0.2) is 4.79 Å². The minimum absolute atomic E-state index is 0.0803. The van der Waals surface area contributed by atoms with Gasteiger partial charge in [-0.15, -0.1) is 13.2 Å². The number of nitrogens with one attached hydrogen (secondary N) is 2. The van der Waals surface area contributed by atoms with Crippen molar-refractivity contribution in [2.24, 2.45) is 11.8 Å². The van der Waals surface area contributed by atoms with Crippen molar-refractivity contribution in [2.75, 3.05) is 0 Å². The summed E-state index contributed by atoms with van der Waals surface area (Å²) in [4.78, 5) is 12.0. The third-order valence-corrected chi connectivity index (χ3v) is 4.87. The average Bonchev–Trinajstić information content (AvgIpc) is 2.99. The predicted octanol–water partition coefficient (Wildman–Crippen LogP) is 4.12. The topological polar surface area (TPSA) is 50.4 Å². The highest BCUT2D eigenvalue weighted by Gasteiger charge is 2.64. The molecule has 0 saturated heterocycles. The standard InChI is InChI=1S/C16H16F6N2O2/c17-15(18,19)12-7-14(5-10(12)6-14)24-13(25)23-8-9-2-1-3-11(4-9)26-16(20,21)22/h1-4,10,12H,5-8H2,(H2,23,24,25). The Labute approximate surface area is 144 Å². The Kier molecular flexibility index (Phi) is 4.48. The first-order valence-electron chi connectivity index (χ1n) is 7.93. The van der Waals surface area contributed by atoms with Gasteiger partial charge in [-0.3, -0.25) is 0 Å². The summed E-state index contributed by atoms with van der Waals surface area (Å²) in [6.07, 6.45) is -8.64. The van der Waals surface area contributed by atoms with E-state index in [0.717, 1.165) is 12.1 Å². The molecule has 4 rings (SSSR count). The fourth-order valence-corrected chi connectivity index (χ4v) is 3.84. The number of fused-ring (bicyclic) bond motifs is 1. The molecule has 3 aliphatic carbocycles. The van der Waals surface area contributed by atoms with Crippen molar-refractivity contribution in [1.29, 1.82) is 0 Å². The SMILES string of the molecule is O=C(NCc1cccc(OC(F)(F)F)c1)NC12CC(C1)C(C(F)(F)F)C2. The number of halogens is 6.